The summed E-state index contributed by atoms with van der Waals surface area (Å²) in [5.74, 6) is 1.37. The first kappa shape index (κ1) is 16.4. The molecule has 1 aliphatic heterocycles. The minimum absolute atomic E-state index is 0.0846. The molecule has 1 unspecified atom stereocenters. The van der Waals surface area contributed by atoms with Gasteiger partial charge in [-0.3, -0.25) is 9.78 Å². The van der Waals surface area contributed by atoms with Gasteiger partial charge in [0.05, 0.1) is 12.3 Å². The number of hydrogen-bond donors (Lipinski definition) is 0. The number of piperidine rings is 1. The predicted octanol–water partition coefficient (Wildman–Crippen LogP) is 3.08. The zero-order valence-corrected chi connectivity index (χ0v) is 14.4. The van der Waals surface area contributed by atoms with Gasteiger partial charge in [-0.2, -0.15) is 4.98 Å². The van der Waals surface area contributed by atoms with E-state index in [2.05, 4.69) is 15.1 Å². The summed E-state index contributed by atoms with van der Waals surface area (Å²) >= 11 is 0. The van der Waals surface area contributed by atoms with Crippen LogP contribution in [0.25, 0.3) is 11.4 Å². The van der Waals surface area contributed by atoms with Gasteiger partial charge in [-0.1, -0.05) is 35.5 Å². The molecule has 1 fully saturated rings. The fraction of sp³-hybridized carbons (Fsp3) is 0.300. The molecule has 2 aromatic heterocycles. The Morgan fingerprint density at radius 2 is 2.08 bits per heavy atom. The van der Waals surface area contributed by atoms with Crippen LogP contribution in [0.3, 0.4) is 0 Å². The molecule has 1 amide bonds. The number of hydrogen-bond acceptors (Lipinski definition) is 5. The molecule has 0 spiro atoms. The molecule has 1 aliphatic rings. The number of nitrogens with zero attached hydrogens (tertiary/aromatic N) is 4. The van der Waals surface area contributed by atoms with Gasteiger partial charge in [-0.05, 0) is 30.5 Å². The summed E-state index contributed by atoms with van der Waals surface area (Å²) in [6.45, 7) is 1.41. The van der Waals surface area contributed by atoms with Gasteiger partial charge in [-0.15, -0.1) is 0 Å². The molecule has 132 valence electrons. The topological polar surface area (TPSA) is 72.1 Å². The summed E-state index contributed by atoms with van der Waals surface area (Å²) in [5, 5.41) is 4.07. The summed E-state index contributed by atoms with van der Waals surface area (Å²) < 4.78 is 5.48. The molecule has 6 heteroatoms. The molecule has 1 atom stereocenters. The van der Waals surface area contributed by atoms with Gasteiger partial charge in [0.25, 0.3) is 0 Å². The van der Waals surface area contributed by atoms with Crippen molar-refractivity contribution < 1.29 is 9.32 Å². The average molecular weight is 348 g/mol. The van der Waals surface area contributed by atoms with Crippen LogP contribution < -0.4 is 0 Å². The molecule has 4 rings (SSSR count). The number of carbonyl (C=O) groups excluding carboxylic acids is 1. The van der Waals surface area contributed by atoms with Crippen molar-refractivity contribution in [1.82, 2.24) is 20.0 Å². The van der Waals surface area contributed by atoms with E-state index in [1.54, 1.807) is 12.4 Å². The molecule has 3 aromatic rings. The average Bonchev–Trinajstić information content (AvgIpc) is 3.20. The zero-order chi connectivity index (χ0) is 17.8. The standard InChI is InChI=1S/C20H20N4O2/c25-18(12-15-6-2-1-3-7-15)24-11-5-9-17(14-24)20-22-19(23-26-20)16-8-4-10-21-13-16/h1-4,6-8,10,13,17H,5,9,11-12,14H2. The Kier molecular flexibility index (Phi) is 4.73. The lowest BCUT2D eigenvalue weighted by Gasteiger charge is -2.31. The van der Waals surface area contributed by atoms with Gasteiger partial charge >= 0.3 is 0 Å². The highest BCUT2D eigenvalue weighted by molar-refractivity contribution is 5.79. The highest BCUT2D eigenvalue weighted by Crippen LogP contribution is 2.27. The Labute approximate surface area is 151 Å². The first-order valence-corrected chi connectivity index (χ1v) is 8.85. The molecule has 1 saturated heterocycles. The van der Waals surface area contributed by atoms with Crippen LogP contribution in [0.4, 0.5) is 0 Å². The van der Waals surface area contributed by atoms with E-state index in [0.29, 0.717) is 24.7 Å². The maximum absolute atomic E-state index is 12.6. The van der Waals surface area contributed by atoms with E-state index in [1.165, 1.54) is 0 Å². The first-order valence-electron chi connectivity index (χ1n) is 8.85. The second-order valence-corrected chi connectivity index (χ2v) is 6.54. The third-order valence-corrected chi connectivity index (χ3v) is 4.68. The quantitative estimate of drug-likeness (QED) is 0.724. The van der Waals surface area contributed by atoms with Crippen LogP contribution >= 0.6 is 0 Å². The molecule has 0 aliphatic carbocycles. The number of rotatable bonds is 4. The highest BCUT2D eigenvalue weighted by Gasteiger charge is 2.28. The van der Waals surface area contributed by atoms with Crippen LogP contribution in [-0.2, 0) is 11.2 Å². The van der Waals surface area contributed by atoms with E-state index in [4.69, 9.17) is 4.52 Å². The minimum Gasteiger partial charge on any atom is -0.342 e. The summed E-state index contributed by atoms with van der Waals surface area (Å²) in [6, 6.07) is 13.6. The van der Waals surface area contributed by atoms with Crippen molar-refractivity contribution in [2.45, 2.75) is 25.2 Å². The van der Waals surface area contributed by atoms with Crippen molar-refractivity contribution >= 4 is 5.91 Å². The summed E-state index contributed by atoms with van der Waals surface area (Å²) in [4.78, 5) is 23.1. The number of benzene rings is 1. The predicted molar refractivity (Wildman–Crippen MR) is 96.2 cm³/mol. The molecule has 0 saturated carbocycles. The van der Waals surface area contributed by atoms with E-state index < -0.39 is 0 Å². The van der Waals surface area contributed by atoms with Crippen LogP contribution in [0.5, 0.6) is 0 Å². The molecule has 6 nitrogen and oxygen atoms in total. The van der Waals surface area contributed by atoms with E-state index in [-0.39, 0.29) is 11.8 Å². The smallest absolute Gasteiger partial charge is 0.231 e. The Balaban J connectivity index is 1.44. The lowest BCUT2D eigenvalue weighted by atomic mass is 9.97. The van der Waals surface area contributed by atoms with Crippen LogP contribution in [0.1, 0.15) is 30.2 Å². The van der Waals surface area contributed by atoms with Crippen molar-refractivity contribution in [3.8, 4) is 11.4 Å². The Bertz CT molecular complexity index is 864. The Morgan fingerprint density at radius 3 is 2.88 bits per heavy atom. The van der Waals surface area contributed by atoms with Crippen LogP contribution in [0.15, 0.2) is 59.4 Å². The van der Waals surface area contributed by atoms with Gasteiger partial charge < -0.3 is 9.42 Å². The normalized spacial score (nSPS) is 17.2. The highest BCUT2D eigenvalue weighted by atomic mass is 16.5. The first-order chi connectivity index (χ1) is 12.8. The second-order valence-electron chi connectivity index (χ2n) is 6.54. The maximum atomic E-state index is 12.6. The third-order valence-electron chi connectivity index (χ3n) is 4.68. The molecule has 26 heavy (non-hydrogen) atoms. The Hall–Kier alpha value is -3.02. The molecule has 0 N–H and O–H groups in total. The van der Waals surface area contributed by atoms with Gasteiger partial charge in [0.2, 0.25) is 17.6 Å². The Morgan fingerprint density at radius 1 is 1.19 bits per heavy atom. The van der Waals surface area contributed by atoms with Gasteiger partial charge in [0, 0.05) is 31.0 Å². The number of aromatic nitrogens is 3. The molecule has 1 aromatic carbocycles. The molecule has 0 bridgehead atoms. The SMILES string of the molecule is O=C(Cc1ccccc1)N1CCCC(c2nc(-c3cccnc3)no2)C1. The zero-order valence-electron chi connectivity index (χ0n) is 14.4. The van der Waals surface area contributed by atoms with Crippen molar-refractivity contribution in [1.29, 1.82) is 0 Å². The van der Waals surface area contributed by atoms with Gasteiger partial charge in [-0.25, -0.2) is 0 Å². The number of amides is 1. The lowest BCUT2D eigenvalue weighted by molar-refractivity contribution is -0.131. The molecular weight excluding hydrogens is 328 g/mol. The number of likely N-dealkylation sites (tertiary alicyclic amines) is 1. The number of pyridine rings is 1. The molecular formula is C20H20N4O2. The van der Waals surface area contributed by atoms with E-state index in [9.17, 15) is 4.79 Å². The van der Waals surface area contributed by atoms with Crippen molar-refractivity contribution in [3.63, 3.8) is 0 Å². The summed E-state index contributed by atoms with van der Waals surface area (Å²) in [6.07, 6.45) is 5.74. The summed E-state index contributed by atoms with van der Waals surface area (Å²) in [5.41, 5.74) is 1.87. The van der Waals surface area contributed by atoms with E-state index in [1.807, 2.05) is 47.4 Å². The molecule has 0 radical (unpaired) electrons. The van der Waals surface area contributed by atoms with Gasteiger partial charge in [0.15, 0.2) is 0 Å². The van der Waals surface area contributed by atoms with Crippen molar-refractivity contribution in [2.75, 3.05) is 13.1 Å². The lowest BCUT2D eigenvalue weighted by Crippen LogP contribution is -2.40. The monoisotopic (exact) mass is 348 g/mol. The number of carbonyl (C=O) groups is 1. The third kappa shape index (κ3) is 3.64. The van der Waals surface area contributed by atoms with E-state index >= 15 is 0 Å². The minimum atomic E-state index is 0.0846. The maximum Gasteiger partial charge on any atom is 0.231 e. The van der Waals surface area contributed by atoms with Crippen molar-refractivity contribution in [3.05, 3.63) is 66.3 Å². The summed E-state index contributed by atoms with van der Waals surface area (Å²) in [7, 11) is 0. The fourth-order valence-electron chi connectivity index (χ4n) is 3.30. The van der Waals surface area contributed by atoms with Crippen LogP contribution in [0, 0.1) is 0 Å². The van der Waals surface area contributed by atoms with E-state index in [0.717, 1.165) is 30.5 Å². The fourth-order valence-corrected chi connectivity index (χ4v) is 3.30. The largest absolute Gasteiger partial charge is 0.342 e. The van der Waals surface area contributed by atoms with Crippen LogP contribution in [-0.4, -0.2) is 39.0 Å². The van der Waals surface area contributed by atoms with Crippen molar-refractivity contribution in [2.24, 2.45) is 0 Å². The van der Waals surface area contributed by atoms with Gasteiger partial charge in [0.1, 0.15) is 0 Å². The second kappa shape index (κ2) is 7.47. The molecule has 3 heterocycles. The van der Waals surface area contributed by atoms with Crippen LogP contribution in [0.2, 0.25) is 0 Å².